The number of benzene rings is 2. The highest BCUT2D eigenvalue weighted by molar-refractivity contribution is 5.87. The number of aryl methyl sites for hydroxylation is 2. The predicted molar refractivity (Wildman–Crippen MR) is 116 cm³/mol. The molecule has 140 valence electrons. The molecular formula is C25H30N2. The number of rotatable bonds is 8. The van der Waals surface area contributed by atoms with Crippen LogP contribution in [0, 0.1) is 0 Å². The third kappa shape index (κ3) is 3.53. The minimum Gasteiger partial charge on any atom is -0.347 e. The number of aromatic nitrogens is 2. The Morgan fingerprint density at radius 1 is 0.630 bits per heavy atom. The van der Waals surface area contributed by atoms with Crippen molar-refractivity contribution in [1.82, 2.24) is 9.13 Å². The van der Waals surface area contributed by atoms with Crippen LogP contribution >= 0.6 is 0 Å². The Bertz CT molecular complexity index is 951. The molecule has 0 fully saturated rings. The molecule has 27 heavy (non-hydrogen) atoms. The van der Waals surface area contributed by atoms with Crippen LogP contribution in [0.1, 0.15) is 50.7 Å². The molecule has 0 radical (unpaired) electrons. The van der Waals surface area contributed by atoms with Crippen LogP contribution in [0.5, 0.6) is 0 Å². The van der Waals surface area contributed by atoms with Gasteiger partial charge in [-0.3, -0.25) is 0 Å². The van der Waals surface area contributed by atoms with Crippen LogP contribution in [-0.4, -0.2) is 9.13 Å². The van der Waals surface area contributed by atoms with E-state index in [4.69, 9.17) is 0 Å². The summed E-state index contributed by atoms with van der Waals surface area (Å²) in [4.78, 5) is 0. The van der Waals surface area contributed by atoms with E-state index in [1.165, 1.54) is 58.6 Å². The number of hydrogen-bond acceptors (Lipinski definition) is 0. The third-order valence-corrected chi connectivity index (χ3v) is 5.63. The average molecular weight is 359 g/mol. The second-order valence-corrected chi connectivity index (χ2v) is 7.61. The molecule has 2 aromatic heterocycles. The van der Waals surface area contributed by atoms with Gasteiger partial charge in [-0.2, -0.15) is 0 Å². The highest BCUT2D eigenvalue weighted by Crippen LogP contribution is 2.29. The van der Waals surface area contributed by atoms with Crippen LogP contribution in [0.2, 0.25) is 0 Å². The van der Waals surface area contributed by atoms with Crippen LogP contribution in [0.3, 0.4) is 0 Å². The molecule has 0 atom stereocenters. The number of nitrogens with zero attached hydrogens (tertiary/aromatic N) is 2. The topological polar surface area (TPSA) is 9.86 Å². The molecule has 0 saturated carbocycles. The molecule has 4 rings (SSSR count). The number of fused-ring (bicyclic) bond motifs is 2. The summed E-state index contributed by atoms with van der Waals surface area (Å²) in [6.45, 7) is 6.74. The van der Waals surface area contributed by atoms with E-state index in [9.17, 15) is 0 Å². The fourth-order valence-electron chi connectivity index (χ4n) is 4.16. The van der Waals surface area contributed by atoms with Gasteiger partial charge in [0.2, 0.25) is 0 Å². The van der Waals surface area contributed by atoms with Gasteiger partial charge in [0.1, 0.15) is 0 Å². The van der Waals surface area contributed by atoms with Crippen molar-refractivity contribution in [3.8, 4) is 0 Å². The van der Waals surface area contributed by atoms with Gasteiger partial charge < -0.3 is 9.13 Å². The summed E-state index contributed by atoms with van der Waals surface area (Å²) in [5, 5.41) is 2.80. The van der Waals surface area contributed by atoms with Gasteiger partial charge >= 0.3 is 0 Å². The summed E-state index contributed by atoms with van der Waals surface area (Å²) in [6.07, 6.45) is 10.7. The van der Waals surface area contributed by atoms with E-state index in [0.717, 1.165) is 19.5 Å². The summed E-state index contributed by atoms with van der Waals surface area (Å²) in [6, 6.07) is 17.7. The van der Waals surface area contributed by atoms with Gasteiger partial charge in [-0.1, -0.05) is 63.1 Å². The van der Waals surface area contributed by atoms with Gasteiger partial charge in [-0.25, -0.2) is 0 Å². The van der Waals surface area contributed by atoms with Gasteiger partial charge in [-0.15, -0.1) is 0 Å². The highest BCUT2D eigenvalue weighted by Gasteiger charge is 2.13. The maximum atomic E-state index is 2.45. The largest absolute Gasteiger partial charge is 0.347 e. The standard InChI is InChI=1S/C25H30N2/c1-3-5-15-26-18-20(22-11-7-9-13-24(22)26)17-21-19-27(16-6-4-2)25-14-10-8-12-23(21)25/h7-14,18-19H,3-6,15-17H2,1-2H3. The van der Waals surface area contributed by atoms with Crippen LogP contribution in [0.4, 0.5) is 0 Å². The summed E-state index contributed by atoms with van der Waals surface area (Å²) in [5.41, 5.74) is 5.63. The second-order valence-electron chi connectivity index (χ2n) is 7.61. The van der Waals surface area contributed by atoms with Crippen LogP contribution < -0.4 is 0 Å². The van der Waals surface area contributed by atoms with Crippen molar-refractivity contribution in [2.24, 2.45) is 0 Å². The van der Waals surface area contributed by atoms with Crippen LogP contribution in [-0.2, 0) is 19.5 Å². The first-order chi connectivity index (χ1) is 13.3. The summed E-state index contributed by atoms with van der Waals surface area (Å²) in [5.74, 6) is 0. The maximum absolute atomic E-state index is 2.45. The van der Waals surface area contributed by atoms with Crippen molar-refractivity contribution in [1.29, 1.82) is 0 Å². The quantitative estimate of drug-likeness (QED) is 0.328. The lowest BCUT2D eigenvalue weighted by Gasteiger charge is -2.02. The SMILES string of the molecule is CCCCn1cc(Cc2cn(CCCC)c3ccccc23)c2ccccc21. The van der Waals surface area contributed by atoms with Crippen molar-refractivity contribution < 1.29 is 0 Å². The third-order valence-electron chi connectivity index (χ3n) is 5.63. The van der Waals surface area contributed by atoms with E-state index in [1.807, 2.05) is 0 Å². The molecule has 0 amide bonds. The molecular weight excluding hydrogens is 328 g/mol. The Labute approximate surface area is 162 Å². The van der Waals surface area contributed by atoms with Crippen molar-refractivity contribution in [3.05, 3.63) is 72.1 Å². The highest BCUT2D eigenvalue weighted by atomic mass is 15.0. The van der Waals surface area contributed by atoms with Gasteiger partial charge in [0.15, 0.2) is 0 Å². The lowest BCUT2D eigenvalue weighted by atomic mass is 10.0. The Morgan fingerprint density at radius 3 is 1.52 bits per heavy atom. The molecule has 2 nitrogen and oxygen atoms in total. The molecule has 2 heterocycles. The number of para-hydroxylation sites is 2. The van der Waals surface area contributed by atoms with Crippen LogP contribution in [0.15, 0.2) is 60.9 Å². The lowest BCUT2D eigenvalue weighted by molar-refractivity contribution is 0.647. The molecule has 0 aliphatic carbocycles. The molecule has 2 heteroatoms. The fraction of sp³-hybridized carbons (Fsp3) is 0.360. The van der Waals surface area contributed by atoms with E-state index >= 15 is 0 Å². The zero-order chi connectivity index (χ0) is 18.6. The molecule has 0 saturated heterocycles. The lowest BCUT2D eigenvalue weighted by Crippen LogP contribution is -1.95. The van der Waals surface area contributed by atoms with Gasteiger partial charge in [0, 0.05) is 53.7 Å². The van der Waals surface area contributed by atoms with Gasteiger partial charge in [-0.05, 0) is 36.1 Å². The first kappa shape index (κ1) is 17.9. The smallest absolute Gasteiger partial charge is 0.0483 e. The molecule has 0 unspecified atom stereocenters. The van der Waals surface area contributed by atoms with Crippen molar-refractivity contribution in [2.75, 3.05) is 0 Å². The molecule has 0 spiro atoms. The zero-order valence-electron chi connectivity index (χ0n) is 16.6. The first-order valence-corrected chi connectivity index (χ1v) is 10.4. The molecule has 2 aromatic carbocycles. The second kappa shape index (κ2) is 8.04. The Hall–Kier alpha value is -2.48. The normalized spacial score (nSPS) is 11.6. The van der Waals surface area contributed by atoms with E-state index in [-0.39, 0.29) is 0 Å². The van der Waals surface area contributed by atoms with Crippen molar-refractivity contribution in [2.45, 2.75) is 59.0 Å². The van der Waals surface area contributed by atoms with Crippen molar-refractivity contribution in [3.63, 3.8) is 0 Å². The molecule has 0 aliphatic heterocycles. The Balaban J connectivity index is 1.74. The van der Waals surface area contributed by atoms with Crippen LogP contribution in [0.25, 0.3) is 21.8 Å². The summed E-state index contributed by atoms with van der Waals surface area (Å²) >= 11 is 0. The van der Waals surface area contributed by atoms with Gasteiger partial charge in [0.25, 0.3) is 0 Å². The molecule has 4 aromatic rings. The summed E-state index contributed by atoms with van der Waals surface area (Å²) < 4.78 is 4.90. The fourth-order valence-corrected chi connectivity index (χ4v) is 4.16. The number of hydrogen-bond donors (Lipinski definition) is 0. The Morgan fingerprint density at radius 2 is 1.07 bits per heavy atom. The summed E-state index contributed by atoms with van der Waals surface area (Å²) in [7, 11) is 0. The van der Waals surface area contributed by atoms with Gasteiger partial charge in [0.05, 0.1) is 0 Å². The molecule has 0 N–H and O–H groups in total. The Kier molecular flexibility index (Phi) is 5.33. The minimum atomic E-state index is 0.999. The maximum Gasteiger partial charge on any atom is 0.0483 e. The minimum absolute atomic E-state index is 0.999. The number of unbranched alkanes of at least 4 members (excludes halogenated alkanes) is 2. The van der Waals surface area contributed by atoms with E-state index < -0.39 is 0 Å². The predicted octanol–water partition coefficient (Wildman–Crippen LogP) is 6.79. The zero-order valence-corrected chi connectivity index (χ0v) is 16.6. The van der Waals surface area contributed by atoms with E-state index in [0.29, 0.717) is 0 Å². The molecule has 0 bridgehead atoms. The van der Waals surface area contributed by atoms with E-state index in [2.05, 4.69) is 83.9 Å². The van der Waals surface area contributed by atoms with E-state index in [1.54, 1.807) is 0 Å². The van der Waals surface area contributed by atoms with Crippen molar-refractivity contribution >= 4 is 21.8 Å². The molecule has 0 aliphatic rings. The average Bonchev–Trinajstić information content (AvgIpc) is 3.24. The first-order valence-electron chi connectivity index (χ1n) is 10.4. The monoisotopic (exact) mass is 358 g/mol.